The van der Waals surface area contributed by atoms with E-state index in [-0.39, 0.29) is 5.60 Å². The van der Waals surface area contributed by atoms with Crippen LogP contribution in [0.2, 0.25) is 0 Å². The normalized spacial score (nSPS) is 17.4. The Morgan fingerprint density at radius 2 is 2.27 bits per heavy atom. The maximum Gasteiger partial charge on any atom is 0.123 e. The molecule has 1 aromatic carbocycles. The number of benzene rings is 1. The fraction of sp³-hybridized carbons (Fsp3) is 0.429. The first-order valence-electron chi connectivity index (χ1n) is 5.35. The van der Waals surface area contributed by atoms with Gasteiger partial charge < -0.3 is 4.74 Å². The van der Waals surface area contributed by atoms with Crippen LogP contribution in [0.25, 0.3) is 0 Å². The van der Waals surface area contributed by atoms with Gasteiger partial charge in [-0.15, -0.1) is 12.3 Å². The molecule has 0 saturated carbocycles. The molecule has 0 saturated heterocycles. The average Bonchev–Trinajstić information content (AvgIpc) is 2.18. The van der Waals surface area contributed by atoms with E-state index in [9.17, 15) is 0 Å². The molecule has 0 atom stereocenters. The summed E-state index contributed by atoms with van der Waals surface area (Å²) in [5.74, 6) is 3.69. The van der Waals surface area contributed by atoms with Gasteiger partial charge in [0.05, 0.1) is 0 Å². The van der Waals surface area contributed by atoms with Crippen molar-refractivity contribution in [2.75, 3.05) is 0 Å². The van der Waals surface area contributed by atoms with E-state index in [0.717, 1.165) is 18.6 Å². The SMILES string of the molecule is C#CCc1ccc2c(c1)CCC(C)(C)O2. The van der Waals surface area contributed by atoms with Gasteiger partial charge >= 0.3 is 0 Å². The van der Waals surface area contributed by atoms with Crippen LogP contribution in [0.3, 0.4) is 0 Å². The second-order valence-corrected chi connectivity index (χ2v) is 4.68. The van der Waals surface area contributed by atoms with Crippen LogP contribution in [0.5, 0.6) is 5.75 Å². The van der Waals surface area contributed by atoms with Crippen molar-refractivity contribution in [3.05, 3.63) is 29.3 Å². The van der Waals surface area contributed by atoms with E-state index in [2.05, 4.69) is 31.9 Å². The molecule has 0 bridgehead atoms. The highest BCUT2D eigenvalue weighted by molar-refractivity contribution is 5.40. The highest BCUT2D eigenvalue weighted by Crippen LogP contribution is 2.33. The summed E-state index contributed by atoms with van der Waals surface area (Å²) in [6.07, 6.45) is 8.16. The number of hydrogen-bond acceptors (Lipinski definition) is 1. The van der Waals surface area contributed by atoms with E-state index in [0.29, 0.717) is 6.42 Å². The van der Waals surface area contributed by atoms with Crippen LogP contribution in [0.4, 0.5) is 0 Å². The molecule has 15 heavy (non-hydrogen) atoms. The van der Waals surface area contributed by atoms with E-state index in [1.807, 2.05) is 6.07 Å². The maximum absolute atomic E-state index is 5.90. The van der Waals surface area contributed by atoms with Gasteiger partial charge in [-0.05, 0) is 43.9 Å². The Bertz CT molecular complexity index is 410. The molecule has 1 nitrogen and oxygen atoms in total. The first-order valence-corrected chi connectivity index (χ1v) is 5.35. The lowest BCUT2D eigenvalue weighted by Crippen LogP contribution is -2.32. The van der Waals surface area contributed by atoms with Crippen molar-refractivity contribution in [1.82, 2.24) is 0 Å². The van der Waals surface area contributed by atoms with E-state index in [4.69, 9.17) is 11.2 Å². The highest BCUT2D eigenvalue weighted by Gasteiger charge is 2.26. The van der Waals surface area contributed by atoms with Crippen LogP contribution in [0.1, 0.15) is 31.4 Å². The minimum atomic E-state index is -0.0271. The summed E-state index contributed by atoms with van der Waals surface area (Å²) >= 11 is 0. The predicted octanol–water partition coefficient (Wildman–Crippen LogP) is 2.97. The molecule has 0 aliphatic carbocycles. The number of fused-ring (bicyclic) bond motifs is 1. The van der Waals surface area contributed by atoms with Crippen molar-refractivity contribution in [2.24, 2.45) is 0 Å². The molecule has 0 fully saturated rings. The summed E-state index contributed by atoms with van der Waals surface area (Å²) in [6.45, 7) is 4.26. The molecule has 1 aliphatic rings. The van der Waals surface area contributed by atoms with Gasteiger partial charge in [0.15, 0.2) is 0 Å². The van der Waals surface area contributed by atoms with E-state index < -0.39 is 0 Å². The number of aryl methyl sites for hydroxylation is 1. The molecule has 1 aliphatic heterocycles. The number of rotatable bonds is 1. The molecule has 1 heteroatoms. The third kappa shape index (κ3) is 2.15. The van der Waals surface area contributed by atoms with Gasteiger partial charge in [-0.25, -0.2) is 0 Å². The van der Waals surface area contributed by atoms with Crippen LogP contribution < -0.4 is 4.74 Å². The minimum absolute atomic E-state index is 0.0271. The first kappa shape index (κ1) is 10.1. The number of hydrogen-bond donors (Lipinski definition) is 0. The predicted molar refractivity (Wildman–Crippen MR) is 62.0 cm³/mol. The minimum Gasteiger partial charge on any atom is -0.488 e. The Hall–Kier alpha value is -1.42. The Labute approximate surface area is 91.5 Å². The Kier molecular flexibility index (Phi) is 2.44. The molecule has 78 valence electrons. The van der Waals surface area contributed by atoms with E-state index in [1.54, 1.807) is 0 Å². The molecular weight excluding hydrogens is 184 g/mol. The maximum atomic E-state index is 5.90. The average molecular weight is 200 g/mol. The molecule has 0 spiro atoms. The van der Waals surface area contributed by atoms with Crippen molar-refractivity contribution in [1.29, 1.82) is 0 Å². The van der Waals surface area contributed by atoms with Crippen LogP contribution in [-0.2, 0) is 12.8 Å². The summed E-state index contributed by atoms with van der Waals surface area (Å²) in [7, 11) is 0. The molecule has 0 aromatic heterocycles. The summed E-state index contributed by atoms with van der Waals surface area (Å²) in [5, 5.41) is 0. The van der Waals surface area contributed by atoms with Gasteiger partial charge in [0.25, 0.3) is 0 Å². The van der Waals surface area contributed by atoms with Crippen molar-refractivity contribution in [3.8, 4) is 18.1 Å². The largest absolute Gasteiger partial charge is 0.488 e. The van der Waals surface area contributed by atoms with Crippen molar-refractivity contribution in [3.63, 3.8) is 0 Å². The number of ether oxygens (including phenoxy) is 1. The second-order valence-electron chi connectivity index (χ2n) is 4.68. The molecule has 1 heterocycles. The van der Waals surface area contributed by atoms with Crippen LogP contribution in [-0.4, -0.2) is 5.60 Å². The third-order valence-electron chi connectivity index (χ3n) is 2.81. The summed E-state index contributed by atoms with van der Waals surface area (Å²) in [6, 6.07) is 6.27. The fourth-order valence-corrected chi connectivity index (χ4v) is 1.94. The summed E-state index contributed by atoms with van der Waals surface area (Å²) in [5.41, 5.74) is 2.47. The molecule has 0 N–H and O–H groups in total. The Balaban J connectivity index is 2.29. The molecule has 2 rings (SSSR count). The van der Waals surface area contributed by atoms with Gasteiger partial charge in [-0.3, -0.25) is 0 Å². The van der Waals surface area contributed by atoms with Gasteiger partial charge in [0.2, 0.25) is 0 Å². The topological polar surface area (TPSA) is 9.23 Å². The van der Waals surface area contributed by atoms with E-state index >= 15 is 0 Å². The first-order chi connectivity index (χ1) is 7.11. The zero-order chi connectivity index (χ0) is 10.9. The molecule has 0 radical (unpaired) electrons. The summed E-state index contributed by atoms with van der Waals surface area (Å²) < 4.78 is 5.90. The molecule has 1 aromatic rings. The van der Waals surface area contributed by atoms with Gasteiger partial charge in [-0.2, -0.15) is 0 Å². The second kappa shape index (κ2) is 3.62. The monoisotopic (exact) mass is 200 g/mol. The van der Waals surface area contributed by atoms with Crippen LogP contribution in [0.15, 0.2) is 18.2 Å². The van der Waals surface area contributed by atoms with Crippen molar-refractivity contribution >= 4 is 0 Å². The lowest BCUT2D eigenvalue weighted by Gasteiger charge is -2.32. The van der Waals surface area contributed by atoms with Gasteiger partial charge in [-0.1, -0.05) is 12.1 Å². The lowest BCUT2D eigenvalue weighted by molar-refractivity contribution is 0.0846. The number of terminal acetylenes is 1. The standard InChI is InChI=1S/C14H16O/c1-4-5-11-6-7-13-12(10-11)8-9-14(2,3)15-13/h1,6-7,10H,5,8-9H2,2-3H3. The highest BCUT2D eigenvalue weighted by atomic mass is 16.5. The van der Waals surface area contributed by atoms with Crippen LogP contribution >= 0.6 is 0 Å². The molecular formula is C14H16O. The lowest BCUT2D eigenvalue weighted by atomic mass is 9.93. The van der Waals surface area contributed by atoms with Gasteiger partial charge in [0.1, 0.15) is 11.4 Å². The van der Waals surface area contributed by atoms with Crippen molar-refractivity contribution in [2.45, 2.75) is 38.7 Å². The zero-order valence-electron chi connectivity index (χ0n) is 9.34. The molecule has 0 amide bonds. The smallest absolute Gasteiger partial charge is 0.123 e. The van der Waals surface area contributed by atoms with E-state index in [1.165, 1.54) is 11.1 Å². The zero-order valence-corrected chi connectivity index (χ0v) is 9.34. The third-order valence-corrected chi connectivity index (χ3v) is 2.81. The van der Waals surface area contributed by atoms with Gasteiger partial charge in [0, 0.05) is 6.42 Å². The summed E-state index contributed by atoms with van der Waals surface area (Å²) in [4.78, 5) is 0. The Morgan fingerprint density at radius 1 is 1.47 bits per heavy atom. The van der Waals surface area contributed by atoms with Crippen molar-refractivity contribution < 1.29 is 4.74 Å². The molecule has 0 unspecified atom stereocenters. The van der Waals surface area contributed by atoms with Crippen LogP contribution in [0, 0.1) is 12.3 Å². The quantitative estimate of drug-likeness (QED) is 0.633. The fourth-order valence-electron chi connectivity index (χ4n) is 1.94. The Morgan fingerprint density at radius 3 is 3.00 bits per heavy atom.